The first-order valence-corrected chi connectivity index (χ1v) is 8.56. The SMILES string of the molecule is CCCN(CCC)C(=O)c1cccc(C(=O)NC2CCNC2)c1.Cl. The van der Waals surface area contributed by atoms with E-state index in [1.54, 1.807) is 24.3 Å². The van der Waals surface area contributed by atoms with Crippen LogP contribution in [0.5, 0.6) is 0 Å². The van der Waals surface area contributed by atoms with Crippen LogP contribution < -0.4 is 10.6 Å². The predicted molar refractivity (Wildman–Crippen MR) is 98.9 cm³/mol. The van der Waals surface area contributed by atoms with E-state index in [1.807, 2.05) is 4.90 Å². The Bertz CT molecular complexity index is 539. The van der Waals surface area contributed by atoms with E-state index >= 15 is 0 Å². The van der Waals surface area contributed by atoms with Gasteiger partial charge in [0.2, 0.25) is 0 Å². The van der Waals surface area contributed by atoms with Crippen LogP contribution in [0.3, 0.4) is 0 Å². The van der Waals surface area contributed by atoms with Crippen LogP contribution in [0.15, 0.2) is 24.3 Å². The summed E-state index contributed by atoms with van der Waals surface area (Å²) < 4.78 is 0. The van der Waals surface area contributed by atoms with Gasteiger partial charge in [-0.25, -0.2) is 0 Å². The molecule has 0 spiro atoms. The normalized spacial score (nSPS) is 16.3. The van der Waals surface area contributed by atoms with Crippen LogP contribution in [-0.2, 0) is 0 Å². The lowest BCUT2D eigenvalue weighted by atomic mass is 10.1. The third-order valence-corrected chi connectivity index (χ3v) is 4.04. The molecule has 1 fully saturated rings. The Kier molecular flexibility index (Phi) is 8.79. The molecule has 5 nitrogen and oxygen atoms in total. The van der Waals surface area contributed by atoms with E-state index in [-0.39, 0.29) is 30.3 Å². The zero-order valence-corrected chi connectivity index (χ0v) is 15.3. The number of hydrogen-bond donors (Lipinski definition) is 2. The van der Waals surface area contributed by atoms with Crippen molar-refractivity contribution >= 4 is 24.2 Å². The summed E-state index contributed by atoms with van der Waals surface area (Å²) in [6.45, 7) is 7.37. The Morgan fingerprint density at radius 3 is 2.46 bits per heavy atom. The fourth-order valence-electron chi connectivity index (χ4n) is 2.88. The topological polar surface area (TPSA) is 61.4 Å². The molecule has 0 saturated carbocycles. The standard InChI is InChI=1S/C18H27N3O2.ClH/c1-3-10-21(11-4-2)18(23)15-7-5-6-14(12-15)17(22)20-16-8-9-19-13-16;/h5-7,12,16,19H,3-4,8-11,13H2,1-2H3,(H,20,22);1H. The van der Waals surface area contributed by atoms with Gasteiger partial charge in [0.1, 0.15) is 0 Å². The number of rotatable bonds is 7. The van der Waals surface area contributed by atoms with Gasteiger partial charge >= 0.3 is 0 Å². The molecule has 0 bridgehead atoms. The maximum Gasteiger partial charge on any atom is 0.253 e. The number of nitrogens with one attached hydrogen (secondary N) is 2. The summed E-state index contributed by atoms with van der Waals surface area (Å²) in [6.07, 6.45) is 2.81. The highest BCUT2D eigenvalue weighted by Crippen LogP contribution is 2.11. The van der Waals surface area contributed by atoms with Crippen molar-refractivity contribution in [3.63, 3.8) is 0 Å². The minimum atomic E-state index is -0.106. The van der Waals surface area contributed by atoms with Gasteiger partial charge in [-0.05, 0) is 44.0 Å². The molecule has 1 aliphatic rings. The number of carbonyl (C=O) groups is 2. The molecule has 1 aromatic rings. The smallest absolute Gasteiger partial charge is 0.253 e. The first-order chi connectivity index (χ1) is 11.2. The highest BCUT2D eigenvalue weighted by atomic mass is 35.5. The average Bonchev–Trinajstić information content (AvgIpc) is 3.07. The van der Waals surface area contributed by atoms with Crippen LogP contribution >= 0.6 is 12.4 Å². The van der Waals surface area contributed by atoms with E-state index in [2.05, 4.69) is 24.5 Å². The van der Waals surface area contributed by atoms with E-state index < -0.39 is 0 Å². The fourth-order valence-corrected chi connectivity index (χ4v) is 2.88. The lowest BCUT2D eigenvalue weighted by Crippen LogP contribution is -2.36. The van der Waals surface area contributed by atoms with Crippen molar-refractivity contribution in [3.05, 3.63) is 35.4 Å². The molecule has 24 heavy (non-hydrogen) atoms. The third-order valence-electron chi connectivity index (χ3n) is 4.04. The van der Waals surface area contributed by atoms with E-state index in [9.17, 15) is 9.59 Å². The van der Waals surface area contributed by atoms with Crippen LogP contribution in [0.25, 0.3) is 0 Å². The van der Waals surface area contributed by atoms with Gasteiger partial charge in [-0.15, -0.1) is 12.4 Å². The Labute approximate surface area is 150 Å². The molecule has 1 saturated heterocycles. The van der Waals surface area contributed by atoms with Crippen molar-refractivity contribution in [3.8, 4) is 0 Å². The summed E-state index contributed by atoms with van der Waals surface area (Å²) in [4.78, 5) is 26.8. The van der Waals surface area contributed by atoms with Crippen molar-refractivity contribution in [2.75, 3.05) is 26.2 Å². The Morgan fingerprint density at radius 2 is 1.88 bits per heavy atom. The lowest BCUT2D eigenvalue weighted by molar-refractivity contribution is 0.0755. The van der Waals surface area contributed by atoms with Crippen LogP contribution in [0.2, 0.25) is 0 Å². The summed E-state index contributed by atoms with van der Waals surface area (Å²) in [5.74, 6) is -0.100. The molecule has 0 radical (unpaired) electrons. The maximum atomic E-state index is 12.6. The molecule has 1 aromatic carbocycles. The fraction of sp³-hybridized carbons (Fsp3) is 0.556. The minimum absolute atomic E-state index is 0. The van der Waals surface area contributed by atoms with Gasteiger partial charge in [-0.3, -0.25) is 9.59 Å². The van der Waals surface area contributed by atoms with Crippen molar-refractivity contribution in [2.45, 2.75) is 39.2 Å². The molecular formula is C18H28ClN3O2. The summed E-state index contributed by atoms with van der Waals surface area (Å²) >= 11 is 0. The summed E-state index contributed by atoms with van der Waals surface area (Å²) in [5, 5.41) is 6.24. The Balaban J connectivity index is 0.00000288. The van der Waals surface area contributed by atoms with Crippen LogP contribution in [0.1, 0.15) is 53.8 Å². The summed E-state index contributed by atoms with van der Waals surface area (Å²) in [5.41, 5.74) is 1.14. The summed E-state index contributed by atoms with van der Waals surface area (Å²) in [7, 11) is 0. The van der Waals surface area contributed by atoms with Gasteiger partial charge in [-0.1, -0.05) is 19.9 Å². The van der Waals surface area contributed by atoms with Crippen LogP contribution in [0.4, 0.5) is 0 Å². The van der Waals surface area contributed by atoms with Gasteiger partial charge in [-0.2, -0.15) is 0 Å². The van der Waals surface area contributed by atoms with Crippen molar-refractivity contribution < 1.29 is 9.59 Å². The minimum Gasteiger partial charge on any atom is -0.348 e. The summed E-state index contributed by atoms with van der Waals surface area (Å²) in [6, 6.07) is 7.22. The number of hydrogen-bond acceptors (Lipinski definition) is 3. The molecule has 6 heteroatoms. The second kappa shape index (κ2) is 10.3. The maximum absolute atomic E-state index is 12.6. The van der Waals surface area contributed by atoms with Crippen molar-refractivity contribution in [1.29, 1.82) is 0 Å². The Hall–Kier alpha value is -1.59. The molecule has 1 atom stereocenters. The van der Waals surface area contributed by atoms with E-state index in [0.29, 0.717) is 11.1 Å². The number of benzene rings is 1. The number of carbonyl (C=O) groups excluding carboxylic acids is 2. The largest absolute Gasteiger partial charge is 0.348 e. The molecular weight excluding hydrogens is 326 g/mol. The van der Waals surface area contributed by atoms with E-state index in [1.165, 1.54) is 0 Å². The van der Waals surface area contributed by atoms with Crippen molar-refractivity contribution in [1.82, 2.24) is 15.5 Å². The van der Waals surface area contributed by atoms with E-state index in [0.717, 1.165) is 45.4 Å². The zero-order chi connectivity index (χ0) is 16.7. The van der Waals surface area contributed by atoms with Crippen molar-refractivity contribution in [2.24, 2.45) is 0 Å². The van der Waals surface area contributed by atoms with Gasteiger partial charge in [0.05, 0.1) is 0 Å². The number of halogens is 1. The second-order valence-electron chi connectivity index (χ2n) is 6.04. The average molecular weight is 354 g/mol. The molecule has 1 heterocycles. The zero-order valence-electron chi connectivity index (χ0n) is 14.5. The molecule has 1 aliphatic heterocycles. The first-order valence-electron chi connectivity index (χ1n) is 8.56. The highest BCUT2D eigenvalue weighted by Gasteiger charge is 2.19. The molecule has 2 rings (SSSR count). The molecule has 2 N–H and O–H groups in total. The molecule has 0 aliphatic carbocycles. The monoisotopic (exact) mass is 353 g/mol. The van der Waals surface area contributed by atoms with Gasteiger partial charge in [0, 0.05) is 36.8 Å². The van der Waals surface area contributed by atoms with Crippen LogP contribution in [0, 0.1) is 0 Å². The quantitative estimate of drug-likeness (QED) is 0.791. The number of amides is 2. The van der Waals surface area contributed by atoms with Gasteiger partial charge < -0.3 is 15.5 Å². The molecule has 0 aromatic heterocycles. The van der Waals surface area contributed by atoms with Crippen LogP contribution in [-0.4, -0.2) is 48.9 Å². The lowest BCUT2D eigenvalue weighted by Gasteiger charge is -2.21. The molecule has 2 amide bonds. The first kappa shape index (κ1) is 20.5. The number of nitrogens with zero attached hydrogens (tertiary/aromatic N) is 1. The third kappa shape index (κ3) is 5.49. The van der Waals surface area contributed by atoms with E-state index in [4.69, 9.17) is 0 Å². The molecule has 134 valence electrons. The second-order valence-corrected chi connectivity index (χ2v) is 6.04. The highest BCUT2D eigenvalue weighted by molar-refractivity contribution is 5.99. The van der Waals surface area contributed by atoms with Gasteiger partial charge in [0.25, 0.3) is 11.8 Å². The van der Waals surface area contributed by atoms with Gasteiger partial charge in [0.15, 0.2) is 0 Å². The molecule has 1 unspecified atom stereocenters. The Morgan fingerprint density at radius 1 is 1.21 bits per heavy atom. The predicted octanol–water partition coefficient (Wildman–Crippen LogP) is 2.46.